The molecule has 6 nitrogen and oxygen atoms in total. The quantitative estimate of drug-likeness (QED) is 0.236. The summed E-state index contributed by atoms with van der Waals surface area (Å²) in [5, 5.41) is 0. The van der Waals surface area contributed by atoms with Crippen LogP contribution in [0.4, 0.5) is 0 Å². The summed E-state index contributed by atoms with van der Waals surface area (Å²) in [5.74, 6) is 0.184. The number of ether oxygens (including phenoxy) is 3. The third kappa shape index (κ3) is 8.49. The van der Waals surface area contributed by atoms with Crippen molar-refractivity contribution in [1.29, 1.82) is 0 Å². The highest BCUT2D eigenvalue weighted by atomic mass is 127. The Bertz CT molecular complexity index is 614. The van der Waals surface area contributed by atoms with Crippen molar-refractivity contribution in [1.82, 2.24) is 0 Å². The van der Waals surface area contributed by atoms with Crippen LogP contribution in [-0.4, -0.2) is 52.5 Å². The summed E-state index contributed by atoms with van der Waals surface area (Å²) in [5.41, 5.74) is 1.07. The Balaban J connectivity index is 1.81. The first-order valence-corrected chi connectivity index (χ1v) is 12.3. The average molecular weight is 514 g/mol. The SMILES string of the molecule is C=C1C[C@H](CCC2OCCO2)O[C@H]1CC[C@H](C[C@H](C)C(=C)I)OS(C)(=O)=O. The minimum atomic E-state index is -3.51. The maximum Gasteiger partial charge on any atom is 0.264 e. The van der Waals surface area contributed by atoms with Crippen LogP contribution in [0.1, 0.15) is 45.4 Å². The maximum atomic E-state index is 11.6. The van der Waals surface area contributed by atoms with Crippen LogP contribution in [0.3, 0.4) is 0 Å². The molecule has 27 heavy (non-hydrogen) atoms. The molecule has 0 unspecified atom stereocenters. The maximum absolute atomic E-state index is 11.6. The Morgan fingerprint density at radius 2 is 1.96 bits per heavy atom. The van der Waals surface area contributed by atoms with E-state index in [1.165, 1.54) is 0 Å². The van der Waals surface area contributed by atoms with Gasteiger partial charge in [-0.25, -0.2) is 0 Å². The molecular formula is C19H31IO6S. The molecule has 4 atom stereocenters. The van der Waals surface area contributed by atoms with Crippen LogP contribution in [0.5, 0.6) is 0 Å². The van der Waals surface area contributed by atoms with Crippen LogP contribution in [-0.2, 0) is 28.5 Å². The highest BCUT2D eigenvalue weighted by molar-refractivity contribution is 14.1. The highest BCUT2D eigenvalue weighted by Crippen LogP contribution is 2.32. The van der Waals surface area contributed by atoms with Gasteiger partial charge in [-0.15, -0.1) is 0 Å². The van der Waals surface area contributed by atoms with Crippen molar-refractivity contribution >= 4 is 32.7 Å². The topological polar surface area (TPSA) is 71.1 Å². The summed E-state index contributed by atoms with van der Waals surface area (Å²) in [6, 6.07) is 0. The Hall–Kier alpha value is -0.0000000000000000555. The summed E-state index contributed by atoms with van der Waals surface area (Å²) < 4.78 is 46.6. The monoisotopic (exact) mass is 514 g/mol. The molecule has 0 aromatic heterocycles. The Labute approximate surface area is 176 Å². The molecule has 8 heteroatoms. The van der Waals surface area contributed by atoms with Gasteiger partial charge in [0.25, 0.3) is 10.1 Å². The number of halogens is 1. The Kier molecular flexibility index (Phi) is 9.21. The second kappa shape index (κ2) is 10.7. The summed E-state index contributed by atoms with van der Waals surface area (Å²) in [6.45, 7) is 11.4. The van der Waals surface area contributed by atoms with Gasteiger partial charge in [0, 0.05) is 6.42 Å². The number of hydrogen-bond donors (Lipinski definition) is 0. The molecule has 0 spiro atoms. The molecule has 0 bridgehead atoms. The molecule has 0 saturated carbocycles. The van der Waals surface area contributed by atoms with Gasteiger partial charge in [0.1, 0.15) is 0 Å². The van der Waals surface area contributed by atoms with E-state index < -0.39 is 10.1 Å². The van der Waals surface area contributed by atoms with E-state index in [4.69, 9.17) is 18.4 Å². The van der Waals surface area contributed by atoms with Crippen LogP contribution in [0, 0.1) is 5.92 Å². The lowest BCUT2D eigenvalue weighted by Gasteiger charge is -2.22. The van der Waals surface area contributed by atoms with Crippen molar-refractivity contribution in [3.63, 3.8) is 0 Å². The zero-order valence-corrected chi connectivity index (χ0v) is 19.2. The minimum Gasteiger partial charge on any atom is -0.370 e. The normalized spacial score (nSPS) is 26.4. The van der Waals surface area contributed by atoms with E-state index >= 15 is 0 Å². The first kappa shape index (κ1) is 23.3. The summed E-state index contributed by atoms with van der Waals surface area (Å²) in [7, 11) is -3.51. The lowest BCUT2D eigenvalue weighted by molar-refractivity contribution is -0.0588. The fourth-order valence-corrected chi connectivity index (χ4v) is 4.37. The van der Waals surface area contributed by atoms with E-state index in [9.17, 15) is 8.42 Å². The first-order valence-electron chi connectivity index (χ1n) is 9.43. The molecule has 2 saturated heterocycles. The fraction of sp³-hybridized carbons (Fsp3) is 0.789. The van der Waals surface area contributed by atoms with Crippen LogP contribution < -0.4 is 0 Å². The average Bonchev–Trinajstić information content (AvgIpc) is 3.18. The minimum absolute atomic E-state index is 0.0517. The summed E-state index contributed by atoms with van der Waals surface area (Å²) in [6.07, 6.45) is 5.12. The van der Waals surface area contributed by atoms with E-state index in [0.29, 0.717) is 32.5 Å². The fourth-order valence-electron chi connectivity index (χ4n) is 3.45. The van der Waals surface area contributed by atoms with Gasteiger partial charge in [-0.1, -0.05) is 20.1 Å². The van der Waals surface area contributed by atoms with Gasteiger partial charge in [-0.05, 0) is 69.8 Å². The first-order chi connectivity index (χ1) is 12.6. The van der Waals surface area contributed by atoms with Crippen LogP contribution >= 0.6 is 22.6 Å². The van der Waals surface area contributed by atoms with Gasteiger partial charge in [0.2, 0.25) is 0 Å². The Morgan fingerprint density at radius 1 is 1.30 bits per heavy atom. The van der Waals surface area contributed by atoms with E-state index in [1.54, 1.807) is 0 Å². The molecular weight excluding hydrogens is 483 g/mol. The van der Waals surface area contributed by atoms with Crippen molar-refractivity contribution in [3.05, 3.63) is 22.3 Å². The van der Waals surface area contributed by atoms with E-state index in [-0.39, 0.29) is 30.5 Å². The largest absolute Gasteiger partial charge is 0.370 e. The lowest BCUT2D eigenvalue weighted by Crippen LogP contribution is -2.23. The van der Waals surface area contributed by atoms with Crippen molar-refractivity contribution in [2.24, 2.45) is 5.92 Å². The molecule has 0 aliphatic carbocycles. The molecule has 2 aliphatic heterocycles. The molecule has 156 valence electrons. The molecule has 0 aromatic carbocycles. The molecule has 0 amide bonds. The third-order valence-corrected chi connectivity index (χ3v) is 6.61. The number of rotatable bonds is 11. The molecule has 0 aromatic rings. The number of hydrogen-bond acceptors (Lipinski definition) is 6. The smallest absolute Gasteiger partial charge is 0.264 e. The van der Waals surface area contributed by atoms with Gasteiger partial charge in [0.05, 0.1) is 37.8 Å². The highest BCUT2D eigenvalue weighted by Gasteiger charge is 2.31. The Morgan fingerprint density at radius 3 is 2.56 bits per heavy atom. The van der Waals surface area contributed by atoms with Crippen LogP contribution in [0.25, 0.3) is 0 Å². The number of allylic oxidation sites excluding steroid dienone is 1. The third-order valence-electron chi connectivity index (χ3n) is 4.93. The van der Waals surface area contributed by atoms with Gasteiger partial charge in [-0.3, -0.25) is 4.18 Å². The van der Waals surface area contributed by atoms with Gasteiger partial charge in [0.15, 0.2) is 6.29 Å². The lowest BCUT2D eigenvalue weighted by atomic mass is 9.97. The molecule has 2 fully saturated rings. The second-order valence-electron chi connectivity index (χ2n) is 7.44. The predicted octanol–water partition coefficient (Wildman–Crippen LogP) is 3.95. The van der Waals surface area contributed by atoms with Crippen molar-refractivity contribution in [2.75, 3.05) is 19.5 Å². The summed E-state index contributed by atoms with van der Waals surface area (Å²) in [4.78, 5) is 0. The van der Waals surface area contributed by atoms with E-state index in [2.05, 4.69) is 35.7 Å². The van der Waals surface area contributed by atoms with Crippen molar-refractivity contribution < 1.29 is 26.8 Å². The van der Waals surface area contributed by atoms with Gasteiger partial charge < -0.3 is 14.2 Å². The van der Waals surface area contributed by atoms with Crippen LogP contribution in [0.15, 0.2) is 22.3 Å². The van der Waals surface area contributed by atoms with Crippen molar-refractivity contribution in [3.8, 4) is 0 Å². The van der Waals surface area contributed by atoms with E-state index in [1.807, 2.05) is 6.92 Å². The zero-order valence-electron chi connectivity index (χ0n) is 16.2. The molecule has 0 radical (unpaired) electrons. The molecule has 2 rings (SSSR count). The van der Waals surface area contributed by atoms with Gasteiger partial charge >= 0.3 is 0 Å². The molecule has 2 aliphatic rings. The molecule has 0 N–H and O–H groups in total. The predicted molar refractivity (Wildman–Crippen MR) is 113 cm³/mol. The summed E-state index contributed by atoms with van der Waals surface area (Å²) >= 11 is 2.18. The van der Waals surface area contributed by atoms with Gasteiger partial charge in [-0.2, -0.15) is 8.42 Å². The van der Waals surface area contributed by atoms with Crippen LogP contribution in [0.2, 0.25) is 0 Å². The second-order valence-corrected chi connectivity index (χ2v) is 10.4. The zero-order chi connectivity index (χ0) is 20.0. The molecule has 2 heterocycles. The van der Waals surface area contributed by atoms with Crippen molar-refractivity contribution in [2.45, 2.75) is 70.1 Å². The van der Waals surface area contributed by atoms with E-state index in [0.717, 1.165) is 34.7 Å². The standard InChI is InChI=1S/C19H31IO6S/c1-13(15(3)20)11-17(26-27(4,21)22)5-7-18-14(2)12-16(25-18)6-8-19-23-9-10-24-19/h13,16-19H,2-3,5-12H2,1,4H3/t13-,16-,17+,18-/m0/s1.